The molecule has 44 heavy (non-hydrogen) atoms. The summed E-state index contributed by atoms with van der Waals surface area (Å²) in [6.45, 7) is 6.74. The predicted molar refractivity (Wildman–Crippen MR) is 175 cm³/mol. The number of para-hydroxylation sites is 1. The van der Waals surface area contributed by atoms with Gasteiger partial charge in [-0.1, -0.05) is 68.4 Å². The number of hydrogen-bond donors (Lipinski definition) is 3. The van der Waals surface area contributed by atoms with E-state index >= 15 is 0 Å². The number of likely N-dealkylation sites (tertiary alicyclic amines) is 1. The third kappa shape index (κ3) is 5.87. The summed E-state index contributed by atoms with van der Waals surface area (Å²) in [6.07, 6.45) is 3.66. The first-order valence-corrected chi connectivity index (χ1v) is 15.1. The van der Waals surface area contributed by atoms with Gasteiger partial charge in [-0.15, -0.1) is 10.2 Å². The number of piperidine rings is 1. The fourth-order valence-corrected chi connectivity index (χ4v) is 5.66. The van der Waals surface area contributed by atoms with Gasteiger partial charge in [0.25, 0.3) is 0 Å². The maximum absolute atomic E-state index is 9.11. The van der Waals surface area contributed by atoms with Crippen molar-refractivity contribution in [3.8, 4) is 11.5 Å². The van der Waals surface area contributed by atoms with E-state index in [1.54, 1.807) is 11.1 Å². The molecule has 3 aromatic carbocycles. The minimum Gasteiger partial charge on any atom is -0.420 e. The Balaban J connectivity index is 0.00000168. The standard InChI is InChI=1S/C33H30N8O.C2H6/c34-29(41-28-11-6-18-36-31(28)37-27-10-5-4-9-26(27)30(41)35)23-14-12-22(13-15-23)21-40-19-16-25(17-20-40)33-39-38-32(42-33)24-7-2-1-3-8-24;1-2/h1-15,18,25,34-35H,16-17,19-21H2,(H,36,37);1-2H3. The molecule has 2 aliphatic rings. The summed E-state index contributed by atoms with van der Waals surface area (Å²) in [7, 11) is 0. The number of nitrogens with one attached hydrogen (secondary N) is 3. The van der Waals surface area contributed by atoms with Gasteiger partial charge in [0, 0.05) is 35.3 Å². The Morgan fingerprint density at radius 1 is 0.886 bits per heavy atom. The summed E-state index contributed by atoms with van der Waals surface area (Å²) < 4.78 is 6.02. The van der Waals surface area contributed by atoms with Gasteiger partial charge in [0.15, 0.2) is 5.82 Å². The van der Waals surface area contributed by atoms with Gasteiger partial charge in [-0.3, -0.25) is 20.6 Å². The quantitative estimate of drug-likeness (QED) is 0.145. The van der Waals surface area contributed by atoms with Crippen molar-refractivity contribution >= 4 is 28.9 Å². The molecule has 0 amide bonds. The van der Waals surface area contributed by atoms with E-state index in [-0.39, 0.29) is 17.6 Å². The molecule has 5 aromatic rings. The number of pyridine rings is 1. The van der Waals surface area contributed by atoms with Crippen molar-refractivity contribution in [2.24, 2.45) is 0 Å². The van der Waals surface area contributed by atoms with Gasteiger partial charge in [-0.25, -0.2) is 4.98 Å². The Morgan fingerprint density at radius 2 is 1.61 bits per heavy atom. The molecule has 2 aliphatic heterocycles. The molecule has 0 bridgehead atoms. The Morgan fingerprint density at radius 3 is 2.39 bits per heavy atom. The summed E-state index contributed by atoms with van der Waals surface area (Å²) in [5.74, 6) is 2.66. The molecule has 0 atom stereocenters. The Labute approximate surface area is 257 Å². The lowest BCUT2D eigenvalue weighted by atomic mass is 9.96. The summed E-state index contributed by atoms with van der Waals surface area (Å²) in [5, 5.41) is 30.1. The van der Waals surface area contributed by atoms with Crippen LogP contribution in [0.4, 0.5) is 17.2 Å². The Hall–Kier alpha value is -5.15. The van der Waals surface area contributed by atoms with Crippen LogP contribution in [-0.4, -0.2) is 44.8 Å². The first-order chi connectivity index (χ1) is 21.6. The second-order valence-corrected chi connectivity index (χ2v) is 10.6. The fraction of sp³-hybridized carbons (Fsp3) is 0.229. The first-order valence-electron chi connectivity index (χ1n) is 15.1. The molecule has 9 heteroatoms. The van der Waals surface area contributed by atoms with E-state index in [9.17, 15) is 0 Å². The van der Waals surface area contributed by atoms with Gasteiger partial charge in [-0.05, 0) is 67.9 Å². The van der Waals surface area contributed by atoms with Gasteiger partial charge in [0.05, 0.1) is 11.4 Å². The number of amidine groups is 2. The van der Waals surface area contributed by atoms with Crippen molar-refractivity contribution in [1.82, 2.24) is 20.1 Å². The second-order valence-electron chi connectivity index (χ2n) is 10.6. The van der Waals surface area contributed by atoms with E-state index in [2.05, 4.69) is 37.5 Å². The maximum Gasteiger partial charge on any atom is 0.247 e. The smallest absolute Gasteiger partial charge is 0.247 e. The average Bonchev–Trinajstić information content (AvgIpc) is 3.54. The van der Waals surface area contributed by atoms with Crippen LogP contribution < -0.4 is 10.2 Å². The minimum atomic E-state index is 0.231. The second kappa shape index (κ2) is 13.0. The predicted octanol–water partition coefficient (Wildman–Crippen LogP) is 7.45. The zero-order valence-corrected chi connectivity index (χ0v) is 25.0. The molecule has 7 rings (SSSR count). The zero-order valence-electron chi connectivity index (χ0n) is 25.0. The number of fused-ring (bicyclic) bond motifs is 2. The lowest BCUT2D eigenvalue weighted by Gasteiger charge is -2.30. The molecule has 4 heterocycles. The third-order valence-corrected chi connectivity index (χ3v) is 7.94. The summed E-state index contributed by atoms with van der Waals surface area (Å²) in [5.41, 5.74) is 5.06. The number of nitrogens with zero attached hydrogens (tertiary/aromatic N) is 5. The molecular weight excluding hydrogens is 548 g/mol. The van der Waals surface area contributed by atoms with Crippen molar-refractivity contribution in [3.05, 3.63) is 120 Å². The normalized spacial score (nSPS) is 14.9. The molecule has 2 aromatic heterocycles. The molecule has 0 spiro atoms. The van der Waals surface area contributed by atoms with Gasteiger partial charge in [0.1, 0.15) is 11.7 Å². The van der Waals surface area contributed by atoms with Gasteiger partial charge in [0.2, 0.25) is 11.8 Å². The highest BCUT2D eigenvalue weighted by atomic mass is 16.4. The molecule has 9 nitrogen and oxygen atoms in total. The van der Waals surface area contributed by atoms with Crippen LogP contribution >= 0.6 is 0 Å². The van der Waals surface area contributed by atoms with Crippen LogP contribution in [0.3, 0.4) is 0 Å². The van der Waals surface area contributed by atoms with E-state index in [0.717, 1.165) is 60.7 Å². The molecule has 0 unspecified atom stereocenters. The minimum absolute atomic E-state index is 0.231. The molecule has 1 fully saturated rings. The van der Waals surface area contributed by atoms with Gasteiger partial charge >= 0.3 is 0 Å². The number of benzene rings is 3. The summed E-state index contributed by atoms with van der Waals surface area (Å²) in [6, 6.07) is 29.4. The van der Waals surface area contributed by atoms with Crippen LogP contribution in [0.25, 0.3) is 11.5 Å². The highest BCUT2D eigenvalue weighted by Crippen LogP contribution is 2.35. The maximum atomic E-state index is 9.11. The molecular formula is C35H36N8O. The summed E-state index contributed by atoms with van der Waals surface area (Å²) >= 11 is 0. The SMILES string of the molecule is CC.N=C(c1ccc(CN2CCC(c3nnc(-c4ccccc4)o3)CC2)cc1)N1C(=N)c2ccccc2Nc2ncccc21. The molecule has 1 saturated heterocycles. The van der Waals surface area contributed by atoms with Crippen molar-refractivity contribution in [2.45, 2.75) is 39.2 Å². The van der Waals surface area contributed by atoms with Crippen LogP contribution in [0.1, 0.15) is 55.2 Å². The Kier molecular flexibility index (Phi) is 8.56. The topological polar surface area (TPSA) is 118 Å². The van der Waals surface area contributed by atoms with E-state index < -0.39 is 0 Å². The van der Waals surface area contributed by atoms with Crippen LogP contribution in [-0.2, 0) is 6.54 Å². The van der Waals surface area contributed by atoms with Crippen molar-refractivity contribution in [2.75, 3.05) is 23.3 Å². The largest absolute Gasteiger partial charge is 0.420 e. The molecule has 0 radical (unpaired) electrons. The van der Waals surface area contributed by atoms with Crippen LogP contribution in [0.15, 0.2) is 102 Å². The van der Waals surface area contributed by atoms with Crippen molar-refractivity contribution < 1.29 is 4.42 Å². The van der Waals surface area contributed by atoms with E-state index in [1.807, 2.05) is 92.7 Å². The van der Waals surface area contributed by atoms with E-state index in [1.165, 1.54) is 5.56 Å². The van der Waals surface area contributed by atoms with E-state index in [0.29, 0.717) is 17.4 Å². The number of anilines is 3. The molecule has 3 N–H and O–H groups in total. The first kappa shape index (κ1) is 28.9. The zero-order chi connectivity index (χ0) is 30.5. The molecule has 222 valence electrons. The van der Waals surface area contributed by atoms with Crippen LogP contribution in [0.5, 0.6) is 0 Å². The van der Waals surface area contributed by atoms with Gasteiger partial charge < -0.3 is 9.73 Å². The lowest BCUT2D eigenvalue weighted by Crippen LogP contribution is -2.36. The van der Waals surface area contributed by atoms with Crippen LogP contribution in [0, 0.1) is 10.8 Å². The van der Waals surface area contributed by atoms with Crippen LogP contribution in [0.2, 0.25) is 0 Å². The van der Waals surface area contributed by atoms with Crippen molar-refractivity contribution in [3.63, 3.8) is 0 Å². The molecule has 0 saturated carbocycles. The molecule has 0 aliphatic carbocycles. The van der Waals surface area contributed by atoms with Crippen molar-refractivity contribution in [1.29, 1.82) is 10.8 Å². The number of rotatable bonds is 5. The number of hydrogen-bond acceptors (Lipinski definition) is 8. The highest BCUT2D eigenvalue weighted by molar-refractivity contribution is 6.30. The Bertz CT molecular complexity index is 1740. The monoisotopic (exact) mass is 584 g/mol. The highest BCUT2D eigenvalue weighted by Gasteiger charge is 2.29. The van der Waals surface area contributed by atoms with E-state index in [4.69, 9.17) is 15.2 Å². The number of aromatic nitrogens is 3. The third-order valence-electron chi connectivity index (χ3n) is 7.94. The fourth-order valence-electron chi connectivity index (χ4n) is 5.66. The summed E-state index contributed by atoms with van der Waals surface area (Å²) in [4.78, 5) is 8.59. The van der Waals surface area contributed by atoms with Gasteiger partial charge in [-0.2, -0.15) is 0 Å². The lowest BCUT2D eigenvalue weighted by molar-refractivity contribution is 0.193. The average molecular weight is 585 g/mol.